The molecule has 0 aromatic heterocycles. The normalized spacial score (nSPS) is 10.3. The van der Waals surface area contributed by atoms with Crippen molar-refractivity contribution < 1.29 is 4.74 Å². The average molecular weight is 226 g/mol. The van der Waals surface area contributed by atoms with Crippen LogP contribution in [0.25, 0.3) is 0 Å². The van der Waals surface area contributed by atoms with Crippen molar-refractivity contribution in [2.24, 2.45) is 0 Å². The molecule has 0 N–H and O–H groups in total. The van der Waals surface area contributed by atoms with Crippen LogP contribution in [0.4, 0.5) is 0 Å². The monoisotopic (exact) mass is 226 g/mol. The fourth-order valence-electron chi connectivity index (χ4n) is 1.69. The summed E-state index contributed by atoms with van der Waals surface area (Å²) in [7, 11) is 0. The van der Waals surface area contributed by atoms with Crippen LogP contribution in [-0.2, 0) is 6.61 Å². The van der Waals surface area contributed by atoms with Crippen molar-refractivity contribution in [1.82, 2.24) is 0 Å². The van der Waals surface area contributed by atoms with E-state index >= 15 is 0 Å². The predicted octanol–water partition coefficient (Wildman–Crippen LogP) is 4.19. The van der Waals surface area contributed by atoms with E-state index in [4.69, 9.17) is 4.74 Å². The maximum Gasteiger partial charge on any atom is 0.119 e. The second-order valence-corrected chi connectivity index (χ2v) is 4.52. The highest BCUT2D eigenvalue weighted by Crippen LogP contribution is 2.15. The van der Waals surface area contributed by atoms with Gasteiger partial charge in [-0.15, -0.1) is 0 Å². The van der Waals surface area contributed by atoms with Crippen molar-refractivity contribution in [2.75, 3.05) is 0 Å². The van der Waals surface area contributed by atoms with Crippen molar-refractivity contribution >= 4 is 0 Å². The quantitative estimate of drug-likeness (QED) is 0.762. The first-order chi connectivity index (χ1) is 8.15. The molecular formula is C16H18O. The number of hydrogen-bond acceptors (Lipinski definition) is 1. The molecule has 1 heteroatoms. The van der Waals surface area contributed by atoms with Gasteiger partial charge in [0.25, 0.3) is 0 Å². The Balaban J connectivity index is 2.02. The first-order valence-corrected chi connectivity index (χ1v) is 5.91. The van der Waals surface area contributed by atoms with Gasteiger partial charge in [0.1, 0.15) is 12.4 Å². The van der Waals surface area contributed by atoms with Crippen LogP contribution < -0.4 is 4.74 Å². The zero-order valence-corrected chi connectivity index (χ0v) is 10.7. The molecule has 88 valence electrons. The Hall–Kier alpha value is -1.76. The van der Waals surface area contributed by atoms with Gasteiger partial charge in [0.05, 0.1) is 0 Å². The van der Waals surface area contributed by atoms with Gasteiger partial charge >= 0.3 is 0 Å². The second kappa shape index (κ2) is 5.05. The maximum atomic E-state index is 5.74. The third-order valence-electron chi connectivity index (χ3n) is 3.00. The minimum Gasteiger partial charge on any atom is -0.489 e. The van der Waals surface area contributed by atoms with Gasteiger partial charge in [-0.2, -0.15) is 0 Å². The van der Waals surface area contributed by atoms with Crippen molar-refractivity contribution in [3.8, 4) is 5.75 Å². The Bertz CT molecular complexity index is 497. The fraction of sp³-hybridized carbons (Fsp3) is 0.250. The molecule has 17 heavy (non-hydrogen) atoms. The lowest BCUT2D eigenvalue weighted by atomic mass is 10.1. The molecule has 0 heterocycles. The smallest absolute Gasteiger partial charge is 0.119 e. The minimum atomic E-state index is 0.629. The molecule has 1 nitrogen and oxygen atoms in total. The SMILES string of the molecule is Cc1ccc(OCc2ccc(C)c(C)c2)cc1. The van der Waals surface area contributed by atoms with Crippen LogP contribution in [0.2, 0.25) is 0 Å². The summed E-state index contributed by atoms with van der Waals surface area (Å²) >= 11 is 0. The lowest BCUT2D eigenvalue weighted by molar-refractivity contribution is 0.306. The molecular weight excluding hydrogens is 208 g/mol. The van der Waals surface area contributed by atoms with E-state index in [9.17, 15) is 0 Å². The maximum absolute atomic E-state index is 5.74. The molecule has 0 aliphatic heterocycles. The second-order valence-electron chi connectivity index (χ2n) is 4.52. The molecule has 0 amide bonds. The molecule has 0 aliphatic carbocycles. The summed E-state index contributed by atoms with van der Waals surface area (Å²) < 4.78 is 5.74. The predicted molar refractivity (Wildman–Crippen MR) is 71.4 cm³/mol. The van der Waals surface area contributed by atoms with Gasteiger partial charge in [0.2, 0.25) is 0 Å². The summed E-state index contributed by atoms with van der Waals surface area (Å²) in [6, 6.07) is 14.6. The van der Waals surface area contributed by atoms with Gasteiger partial charge in [0.15, 0.2) is 0 Å². The largest absolute Gasteiger partial charge is 0.489 e. The molecule has 0 atom stereocenters. The average Bonchev–Trinajstić information content (AvgIpc) is 2.33. The van der Waals surface area contributed by atoms with Crippen LogP contribution in [0.15, 0.2) is 42.5 Å². The van der Waals surface area contributed by atoms with Gasteiger partial charge < -0.3 is 4.74 Å². The van der Waals surface area contributed by atoms with Crippen LogP contribution in [0.1, 0.15) is 22.3 Å². The van der Waals surface area contributed by atoms with E-state index in [0.717, 1.165) is 5.75 Å². The van der Waals surface area contributed by atoms with Crippen molar-refractivity contribution in [1.29, 1.82) is 0 Å². The first kappa shape index (κ1) is 11.7. The molecule has 0 bridgehead atoms. The van der Waals surface area contributed by atoms with E-state index in [0.29, 0.717) is 6.61 Å². The summed E-state index contributed by atoms with van der Waals surface area (Å²) in [6.45, 7) is 6.96. The number of hydrogen-bond donors (Lipinski definition) is 0. The highest BCUT2D eigenvalue weighted by molar-refractivity contribution is 5.30. The van der Waals surface area contributed by atoms with Crippen molar-refractivity contribution in [3.63, 3.8) is 0 Å². The van der Waals surface area contributed by atoms with Gasteiger partial charge in [-0.3, -0.25) is 0 Å². The highest BCUT2D eigenvalue weighted by atomic mass is 16.5. The van der Waals surface area contributed by atoms with E-state index in [1.165, 1.54) is 22.3 Å². The zero-order valence-electron chi connectivity index (χ0n) is 10.7. The van der Waals surface area contributed by atoms with Crippen LogP contribution in [-0.4, -0.2) is 0 Å². The van der Waals surface area contributed by atoms with Crippen LogP contribution in [0.3, 0.4) is 0 Å². The molecule has 0 aliphatic rings. The fourth-order valence-corrected chi connectivity index (χ4v) is 1.69. The molecule has 0 unspecified atom stereocenters. The molecule has 2 rings (SSSR count). The summed E-state index contributed by atoms with van der Waals surface area (Å²) in [5.74, 6) is 0.925. The standard InChI is InChI=1S/C16H18O/c1-12-4-8-16(9-5-12)17-11-15-7-6-13(2)14(3)10-15/h4-10H,11H2,1-3H3. The lowest BCUT2D eigenvalue weighted by Crippen LogP contribution is -1.96. The summed E-state index contributed by atoms with van der Waals surface area (Å²) in [5, 5.41) is 0. The van der Waals surface area contributed by atoms with Crippen molar-refractivity contribution in [3.05, 3.63) is 64.7 Å². The third kappa shape index (κ3) is 3.10. The number of aryl methyl sites for hydroxylation is 3. The van der Waals surface area contributed by atoms with E-state index < -0.39 is 0 Å². The van der Waals surface area contributed by atoms with Crippen LogP contribution in [0, 0.1) is 20.8 Å². The van der Waals surface area contributed by atoms with Gasteiger partial charge in [0, 0.05) is 0 Å². The number of rotatable bonds is 3. The van der Waals surface area contributed by atoms with Gasteiger partial charge in [-0.05, 0) is 49.6 Å². The Labute approximate surface area is 103 Å². The van der Waals surface area contributed by atoms with Gasteiger partial charge in [-0.25, -0.2) is 0 Å². The van der Waals surface area contributed by atoms with Crippen LogP contribution in [0.5, 0.6) is 5.75 Å². The Morgan fingerprint density at radius 2 is 1.53 bits per heavy atom. The molecule has 2 aromatic carbocycles. The van der Waals surface area contributed by atoms with Gasteiger partial charge in [-0.1, -0.05) is 35.9 Å². The summed E-state index contributed by atoms with van der Waals surface area (Å²) in [6.07, 6.45) is 0. The zero-order chi connectivity index (χ0) is 12.3. The molecule has 0 saturated carbocycles. The first-order valence-electron chi connectivity index (χ1n) is 5.91. The highest BCUT2D eigenvalue weighted by Gasteiger charge is 1.98. The Morgan fingerprint density at radius 3 is 2.18 bits per heavy atom. The number of ether oxygens (including phenoxy) is 1. The number of benzene rings is 2. The van der Waals surface area contributed by atoms with E-state index in [-0.39, 0.29) is 0 Å². The topological polar surface area (TPSA) is 9.23 Å². The molecule has 2 aromatic rings. The van der Waals surface area contributed by atoms with Crippen molar-refractivity contribution in [2.45, 2.75) is 27.4 Å². The van der Waals surface area contributed by atoms with E-state index in [1.807, 2.05) is 12.1 Å². The van der Waals surface area contributed by atoms with E-state index in [1.54, 1.807) is 0 Å². The molecule has 0 spiro atoms. The Kier molecular flexibility index (Phi) is 3.48. The lowest BCUT2D eigenvalue weighted by Gasteiger charge is -2.08. The Morgan fingerprint density at radius 1 is 0.824 bits per heavy atom. The molecule has 0 radical (unpaired) electrons. The molecule has 0 fully saturated rings. The summed E-state index contributed by atoms with van der Waals surface area (Å²) in [5.41, 5.74) is 5.11. The third-order valence-corrected chi connectivity index (χ3v) is 3.00. The minimum absolute atomic E-state index is 0.629. The summed E-state index contributed by atoms with van der Waals surface area (Å²) in [4.78, 5) is 0. The van der Waals surface area contributed by atoms with Crippen LogP contribution >= 0.6 is 0 Å². The van der Waals surface area contributed by atoms with E-state index in [2.05, 4.69) is 51.1 Å². The molecule has 0 saturated heterocycles.